The molecule has 6 heteroatoms. The molecule has 0 heterocycles. The smallest absolute Gasteiger partial charge is 0.242 e. The highest BCUT2D eigenvalue weighted by molar-refractivity contribution is 7.98. The molecule has 0 aliphatic rings. The van der Waals surface area contributed by atoms with Gasteiger partial charge in [0.2, 0.25) is 11.8 Å². The number of ether oxygens (including phenoxy) is 1. The van der Waals surface area contributed by atoms with Crippen LogP contribution in [0, 0.1) is 0 Å². The van der Waals surface area contributed by atoms with Crippen molar-refractivity contribution in [2.75, 3.05) is 19.4 Å². The molecule has 5 nitrogen and oxygen atoms in total. The number of rotatable bonds is 12. The fourth-order valence-electron chi connectivity index (χ4n) is 3.01. The zero-order valence-corrected chi connectivity index (χ0v) is 18.9. The molecule has 1 atom stereocenters. The van der Waals surface area contributed by atoms with E-state index in [4.69, 9.17) is 4.74 Å². The van der Waals surface area contributed by atoms with Crippen molar-refractivity contribution in [2.24, 2.45) is 0 Å². The van der Waals surface area contributed by atoms with Crippen molar-refractivity contribution in [3.63, 3.8) is 0 Å². The molecule has 2 amide bonds. The highest BCUT2D eigenvalue weighted by atomic mass is 32.2. The number of methoxy groups -OCH3 is 1. The molecule has 2 rings (SSSR count). The third-order valence-corrected chi connectivity index (χ3v) is 5.81. The second-order valence-corrected chi connectivity index (χ2v) is 8.23. The minimum atomic E-state index is -0.533. The molecule has 0 bridgehead atoms. The Balaban J connectivity index is 2.01. The van der Waals surface area contributed by atoms with E-state index < -0.39 is 6.04 Å². The molecule has 0 saturated carbocycles. The molecule has 1 unspecified atom stereocenters. The summed E-state index contributed by atoms with van der Waals surface area (Å²) in [6.45, 7) is 4.78. The Kier molecular flexibility index (Phi) is 10.3. The van der Waals surface area contributed by atoms with Crippen molar-refractivity contribution >= 4 is 23.6 Å². The van der Waals surface area contributed by atoms with E-state index in [9.17, 15) is 9.59 Å². The summed E-state index contributed by atoms with van der Waals surface area (Å²) < 4.78 is 5.29. The molecule has 2 aromatic rings. The Morgan fingerprint density at radius 2 is 1.83 bits per heavy atom. The molecule has 30 heavy (non-hydrogen) atoms. The van der Waals surface area contributed by atoms with Gasteiger partial charge >= 0.3 is 0 Å². The first kappa shape index (κ1) is 23.8. The van der Waals surface area contributed by atoms with Gasteiger partial charge in [-0.05, 0) is 36.6 Å². The number of benzene rings is 2. The second-order valence-electron chi connectivity index (χ2n) is 7.13. The van der Waals surface area contributed by atoms with Gasteiger partial charge in [0.1, 0.15) is 11.8 Å². The lowest BCUT2D eigenvalue weighted by molar-refractivity contribution is -0.140. The number of nitrogens with one attached hydrogen (secondary N) is 1. The summed E-state index contributed by atoms with van der Waals surface area (Å²) >= 11 is 1.73. The topological polar surface area (TPSA) is 58.6 Å². The summed E-state index contributed by atoms with van der Waals surface area (Å²) in [7, 11) is 1.62. The molecule has 0 aliphatic heterocycles. The number of nitrogens with zero attached hydrogens (tertiary/aromatic N) is 1. The lowest BCUT2D eigenvalue weighted by Crippen LogP contribution is -2.47. The SMILES string of the molecule is CCCNC(=O)C(C)N(Cc1cccc(OC)c1)C(=O)CCSCc1ccccc1. The van der Waals surface area contributed by atoms with Crippen molar-refractivity contribution < 1.29 is 14.3 Å². The van der Waals surface area contributed by atoms with E-state index in [2.05, 4.69) is 17.4 Å². The molecular formula is C24H32N2O3S. The molecule has 0 saturated heterocycles. The molecule has 0 aliphatic carbocycles. The standard InChI is InChI=1S/C24H32N2O3S/c1-4-14-25-24(28)19(2)26(17-21-11-8-12-22(16-21)29-3)23(27)13-15-30-18-20-9-6-5-7-10-20/h5-12,16,19H,4,13-15,17-18H2,1-3H3,(H,25,28). The molecule has 0 radical (unpaired) electrons. The molecule has 0 spiro atoms. The van der Waals surface area contributed by atoms with E-state index in [1.54, 1.807) is 30.7 Å². The highest BCUT2D eigenvalue weighted by Gasteiger charge is 2.25. The predicted octanol–water partition coefficient (Wildman–Crippen LogP) is 4.26. The molecule has 1 N–H and O–H groups in total. The van der Waals surface area contributed by atoms with Gasteiger partial charge in [-0.2, -0.15) is 11.8 Å². The largest absolute Gasteiger partial charge is 0.497 e. The summed E-state index contributed by atoms with van der Waals surface area (Å²) in [6, 6.07) is 17.3. The van der Waals surface area contributed by atoms with Gasteiger partial charge in [0, 0.05) is 31.0 Å². The number of hydrogen-bond donors (Lipinski definition) is 1. The van der Waals surface area contributed by atoms with Crippen molar-refractivity contribution in [1.82, 2.24) is 10.2 Å². The minimum absolute atomic E-state index is 0.0162. The fourth-order valence-corrected chi connectivity index (χ4v) is 3.90. The van der Waals surface area contributed by atoms with Crippen molar-refractivity contribution in [3.8, 4) is 5.75 Å². The van der Waals surface area contributed by atoms with Crippen LogP contribution in [0.3, 0.4) is 0 Å². The van der Waals surface area contributed by atoms with E-state index in [0.29, 0.717) is 25.3 Å². The van der Waals surface area contributed by atoms with Crippen LogP contribution in [0.5, 0.6) is 5.75 Å². The van der Waals surface area contributed by atoms with Crippen LogP contribution in [0.4, 0.5) is 0 Å². The summed E-state index contributed by atoms with van der Waals surface area (Å²) in [4.78, 5) is 27.2. The van der Waals surface area contributed by atoms with Gasteiger partial charge in [-0.25, -0.2) is 0 Å². The van der Waals surface area contributed by atoms with Crippen LogP contribution in [-0.4, -0.2) is 42.2 Å². The number of carbonyl (C=O) groups is 2. The van der Waals surface area contributed by atoms with Crippen LogP contribution in [-0.2, 0) is 21.9 Å². The third-order valence-electron chi connectivity index (χ3n) is 4.78. The Bertz CT molecular complexity index is 798. The number of carbonyl (C=O) groups excluding carboxylic acids is 2. The van der Waals surface area contributed by atoms with E-state index >= 15 is 0 Å². The third kappa shape index (κ3) is 7.75. The summed E-state index contributed by atoms with van der Waals surface area (Å²) in [5.41, 5.74) is 2.19. The molecule has 0 aromatic heterocycles. The zero-order chi connectivity index (χ0) is 21.8. The van der Waals surface area contributed by atoms with E-state index in [1.165, 1.54) is 5.56 Å². The van der Waals surface area contributed by atoms with Gasteiger partial charge < -0.3 is 15.0 Å². The van der Waals surface area contributed by atoms with Gasteiger partial charge in [-0.1, -0.05) is 49.4 Å². The Hall–Kier alpha value is -2.47. The Morgan fingerprint density at radius 1 is 1.10 bits per heavy atom. The average Bonchev–Trinajstić information content (AvgIpc) is 2.78. The predicted molar refractivity (Wildman–Crippen MR) is 124 cm³/mol. The Labute approximate surface area is 184 Å². The van der Waals surface area contributed by atoms with Crippen molar-refractivity contribution in [3.05, 3.63) is 65.7 Å². The molecule has 2 aromatic carbocycles. The first-order valence-corrected chi connectivity index (χ1v) is 11.5. The second kappa shape index (κ2) is 13.0. The monoisotopic (exact) mass is 428 g/mol. The van der Waals surface area contributed by atoms with E-state index in [0.717, 1.165) is 23.5 Å². The average molecular weight is 429 g/mol. The Morgan fingerprint density at radius 3 is 2.53 bits per heavy atom. The van der Waals surface area contributed by atoms with Crippen LogP contribution in [0.2, 0.25) is 0 Å². The zero-order valence-electron chi connectivity index (χ0n) is 18.1. The number of amides is 2. The fraction of sp³-hybridized carbons (Fsp3) is 0.417. The lowest BCUT2D eigenvalue weighted by atomic mass is 10.1. The van der Waals surface area contributed by atoms with Crippen LogP contribution < -0.4 is 10.1 Å². The molecule has 0 fully saturated rings. The first-order valence-electron chi connectivity index (χ1n) is 10.4. The van der Waals surface area contributed by atoms with E-state index in [1.807, 2.05) is 49.4 Å². The normalized spacial score (nSPS) is 11.6. The van der Waals surface area contributed by atoms with Crippen molar-refractivity contribution in [1.29, 1.82) is 0 Å². The molecular weight excluding hydrogens is 396 g/mol. The maximum Gasteiger partial charge on any atom is 0.242 e. The van der Waals surface area contributed by atoms with Gasteiger partial charge in [0.15, 0.2) is 0 Å². The van der Waals surface area contributed by atoms with Gasteiger partial charge in [0.25, 0.3) is 0 Å². The number of thioether (sulfide) groups is 1. The van der Waals surface area contributed by atoms with Crippen LogP contribution >= 0.6 is 11.8 Å². The maximum atomic E-state index is 13.0. The summed E-state index contributed by atoms with van der Waals surface area (Å²) in [5, 5.41) is 2.90. The van der Waals surface area contributed by atoms with Gasteiger partial charge in [0.05, 0.1) is 7.11 Å². The van der Waals surface area contributed by atoms with Crippen LogP contribution in [0.1, 0.15) is 37.8 Å². The lowest BCUT2D eigenvalue weighted by Gasteiger charge is -2.29. The summed E-state index contributed by atoms with van der Waals surface area (Å²) in [5.74, 6) is 2.19. The van der Waals surface area contributed by atoms with Crippen LogP contribution in [0.25, 0.3) is 0 Å². The number of hydrogen-bond acceptors (Lipinski definition) is 4. The minimum Gasteiger partial charge on any atom is -0.497 e. The molecule has 162 valence electrons. The quantitative estimate of drug-likeness (QED) is 0.513. The maximum absolute atomic E-state index is 13.0. The highest BCUT2D eigenvalue weighted by Crippen LogP contribution is 2.18. The van der Waals surface area contributed by atoms with Gasteiger partial charge in [-0.3, -0.25) is 9.59 Å². The van der Waals surface area contributed by atoms with E-state index in [-0.39, 0.29) is 11.8 Å². The summed E-state index contributed by atoms with van der Waals surface area (Å²) in [6.07, 6.45) is 1.26. The van der Waals surface area contributed by atoms with Crippen LogP contribution in [0.15, 0.2) is 54.6 Å². The first-order chi connectivity index (χ1) is 14.5. The van der Waals surface area contributed by atoms with Crippen molar-refractivity contribution in [2.45, 2.75) is 45.0 Å². The van der Waals surface area contributed by atoms with Gasteiger partial charge in [-0.15, -0.1) is 0 Å².